The quantitative estimate of drug-likeness (QED) is 0.934. The van der Waals surface area contributed by atoms with E-state index in [1.165, 1.54) is 0 Å². The summed E-state index contributed by atoms with van der Waals surface area (Å²) in [6.07, 6.45) is -0.760. The number of halogens is 2. The molecule has 0 saturated heterocycles. The van der Waals surface area contributed by atoms with Gasteiger partial charge in [-0.1, -0.05) is 0 Å². The van der Waals surface area contributed by atoms with E-state index < -0.39 is 12.3 Å². The monoisotopic (exact) mass is 279 g/mol. The molecule has 104 valence electrons. The maximum Gasteiger partial charge on any atom is 0.314 e. The highest BCUT2D eigenvalue weighted by atomic mass is 19.3. The minimum Gasteiger partial charge on any atom is -0.415 e. The third-order valence-corrected chi connectivity index (χ3v) is 2.93. The molecule has 1 amide bonds. The molecule has 0 spiro atoms. The Kier molecular flexibility index (Phi) is 3.17. The highest BCUT2D eigenvalue weighted by Crippen LogP contribution is 2.24. The van der Waals surface area contributed by atoms with E-state index in [4.69, 9.17) is 4.42 Å². The van der Waals surface area contributed by atoms with Crippen molar-refractivity contribution < 1.29 is 18.0 Å². The third kappa shape index (κ3) is 2.66. The Labute approximate surface area is 113 Å². The molecule has 0 unspecified atom stereocenters. The van der Waals surface area contributed by atoms with Crippen molar-refractivity contribution in [1.82, 2.24) is 15.5 Å². The Hall–Kier alpha value is -2.31. The number of nitrogens with zero attached hydrogens (tertiary/aromatic N) is 2. The molecule has 0 radical (unpaired) electrons. The van der Waals surface area contributed by atoms with Crippen molar-refractivity contribution in [3.05, 3.63) is 35.7 Å². The van der Waals surface area contributed by atoms with Gasteiger partial charge in [-0.15, -0.1) is 10.2 Å². The average Bonchev–Trinajstić information content (AvgIpc) is 3.11. The summed E-state index contributed by atoms with van der Waals surface area (Å²) in [7, 11) is 0. The van der Waals surface area contributed by atoms with E-state index >= 15 is 0 Å². The SMILES string of the molecule is O=C(NC1CC1)c1ccc(-c2nnc(C(F)F)o2)cc1. The lowest BCUT2D eigenvalue weighted by Crippen LogP contribution is -2.25. The first-order valence-corrected chi connectivity index (χ1v) is 6.16. The maximum absolute atomic E-state index is 12.3. The first kappa shape index (κ1) is 12.7. The van der Waals surface area contributed by atoms with Gasteiger partial charge in [-0.3, -0.25) is 4.79 Å². The van der Waals surface area contributed by atoms with Gasteiger partial charge >= 0.3 is 6.43 Å². The standard InChI is InChI=1S/C13H11F2N3O2/c14-10(15)13-18-17-12(20-13)8-3-1-7(2-4-8)11(19)16-9-5-6-9/h1-4,9-10H,5-6H2,(H,16,19). The molecule has 0 aliphatic heterocycles. The molecule has 1 heterocycles. The van der Waals surface area contributed by atoms with Gasteiger partial charge < -0.3 is 9.73 Å². The molecule has 1 fully saturated rings. The van der Waals surface area contributed by atoms with E-state index in [1.54, 1.807) is 24.3 Å². The van der Waals surface area contributed by atoms with Gasteiger partial charge in [0, 0.05) is 17.2 Å². The maximum atomic E-state index is 12.3. The summed E-state index contributed by atoms with van der Waals surface area (Å²) in [4.78, 5) is 11.8. The fourth-order valence-electron chi connectivity index (χ4n) is 1.70. The fraction of sp³-hybridized carbons (Fsp3) is 0.308. The molecule has 20 heavy (non-hydrogen) atoms. The number of hydrogen-bond donors (Lipinski definition) is 1. The van der Waals surface area contributed by atoms with Gasteiger partial charge in [-0.05, 0) is 37.1 Å². The lowest BCUT2D eigenvalue weighted by Gasteiger charge is -2.03. The van der Waals surface area contributed by atoms with Crippen LogP contribution in [0.25, 0.3) is 11.5 Å². The van der Waals surface area contributed by atoms with Crippen LogP contribution in [0.1, 0.15) is 35.5 Å². The zero-order valence-electron chi connectivity index (χ0n) is 10.3. The van der Waals surface area contributed by atoms with Gasteiger partial charge in [0.05, 0.1) is 0 Å². The zero-order chi connectivity index (χ0) is 14.1. The van der Waals surface area contributed by atoms with E-state index in [2.05, 4.69) is 15.5 Å². The fourth-order valence-corrected chi connectivity index (χ4v) is 1.70. The Balaban J connectivity index is 1.75. The van der Waals surface area contributed by atoms with Crippen LogP contribution in [-0.2, 0) is 0 Å². The molecule has 1 aliphatic rings. The summed E-state index contributed by atoms with van der Waals surface area (Å²) >= 11 is 0. The van der Waals surface area contributed by atoms with E-state index in [0.29, 0.717) is 11.1 Å². The van der Waals surface area contributed by atoms with Crippen molar-refractivity contribution in [1.29, 1.82) is 0 Å². The Bertz CT molecular complexity index is 621. The number of carbonyl (C=O) groups excluding carboxylic acids is 1. The summed E-state index contributed by atoms with van der Waals surface area (Å²) in [6, 6.07) is 6.65. The first-order chi connectivity index (χ1) is 9.63. The number of benzene rings is 1. The number of rotatable bonds is 4. The normalized spacial score (nSPS) is 14.6. The van der Waals surface area contributed by atoms with Crippen molar-refractivity contribution in [3.63, 3.8) is 0 Å². The molecule has 1 aromatic heterocycles. The van der Waals surface area contributed by atoms with Crippen LogP contribution >= 0.6 is 0 Å². The largest absolute Gasteiger partial charge is 0.415 e. The van der Waals surface area contributed by atoms with Gasteiger partial charge in [-0.25, -0.2) is 0 Å². The number of aromatic nitrogens is 2. The molecule has 1 N–H and O–H groups in total. The van der Waals surface area contributed by atoms with Crippen LogP contribution in [0.2, 0.25) is 0 Å². The first-order valence-electron chi connectivity index (χ1n) is 6.16. The zero-order valence-corrected chi connectivity index (χ0v) is 10.3. The second-order valence-electron chi connectivity index (χ2n) is 4.57. The molecule has 1 aromatic carbocycles. The number of amides is 1. The minimum absolute atomic E-state index is 0.00875. The van der Waals surface area contributed by atoms with E-state index in [9.17, 15) is 13.6 Å². The summed E-state index contributed by atoms with van der Waals surface area (Å²) in [5.74, 6) is -0.845. The summed E-state index contributed by atoms with van der Waals surface area (Å²) in [6.45, 7) is 0. The molecule has 0 atom stereocenters. The molecule has 1 aliphatic carbocycles. The lowest BCUT2D eigenvalue weighted by molar-refractivity contribution is 0.0951. The van der Waals surface area contributed by atoms with Crippen LogP contribution in [0, 0.1) is 0 Å². The Morgan fingerprint density at radius 2 is 1.95 bits per heavy atom. The van der Waals surface area contributed by atoms with Gasteiger partial charge in [0.15, 0.2) is 0 Å². The van der Waals surface area contributed by atoms with Gasteiger partial charge in [0.25, 0.3) is 11.8 Å². The number of hydrogen-bond acceptors (Lipinski definition) is 4. The number of nitrogens with one attached hydrogen (secondary N) is 1. The molecule has 7 heteroatoms. The van der Waals surface area contributed by atoms with Crippen molar-refractivity contribution in [2.75, 3.05) is 0 Å². The van der Waals surface area contributed by atoms with Crippen molar-refractivity contribution in [3.8, 4) is 11.5 Å². The van der Waals surface area contributed by atoms with Crippen LogP contribution in [0.4, 0.5) is 8.78 Å². The van der Waals surface area contributed by atoms with Gasteiger partial charge in [0.2, 0.25) is 5.89 Å². The Morgan fingerprint density at radius 3 is 2.50 bits per heavy atom. The van der Waals surface area contributed by atoms with E-state index in [-0.39, 0.29) is 17.8 Å². The highest BCUT2D eigenvalue weighted by Gasteiger charge is 2.24. The van der Waals surface area contributed by atoms with Crippen LogP contribution in [0.5, 0.6) is 0 Å². The molecule has 5 nitrogen and oxygen atoms in total. The molecule has 2 aromatic rings. The molecule has 1 saturated carbocycles. The Morgan fingerprint density at radius 1 is 1.25 bits per heavy atom. The van der Waals surface area contributed by atoms with Crippen molar-refractivity contribution in [2.45, 2.75) is 25.3 Å². The predicted octanol–water partition coefficient (Wildman–Crippen LogP) is 2.57. The summed E-state index contributed by atoms with van der Waals surface area (Å²) in [5, 5.41) is 9.65. The summed E-state index contributed by atoms with van der Waals surface area (Å²) in [5.41, 5.74) is 1.00. The van der Waals surface area contributed by atoms with Crippen LogP contribution < -0.4 is 5.32 Å². The number of alkyl halides is 2. The minimum atomic E-state index is -2.79. The van der Waals surface area contributed by atoms with Gasteiger partial charge in [-0.2, -0.15) is 8.78 Å². The van der Waals surface area contributed by atoms with Crippen molar-refractivity contribution >= 4 is 5.91 Å². The second kappa shape index (κ2) is 4.99. The summed E-state index contributed by atoms with van der Waals surface area (Å²) < 4.78 is 29.5. The van der Waals surface area contributed by atoms with Crippen LogP contribution in [0.3, 0.4) is 0 Å². The molecule has 3 rings (SSSR count). The average molecular weight is 279 g/mol. The van der Waals surface area contributed by atoms with Crippen molar-refractivity contribution in [2.24, 2.45) is 0 Å². The smallest absolute Gasteiger partial charge is 0.314 e. The van der Waals surface area contributed by atoms with E-state index in [0.717, 1.165) is 12.8 Å². The van der Waals surface area contributed by atoms with Crippen LogP contribution in [-0.4, -0.2) is 22.1 Å². The third-order valence-electron chi connectivity index (χ3n) is 2.93. The molecular formula is C13H11F2N3O2. The topological polar surface area (TPSA) is 68.0 Å². The van der Waals surface area contributed by atoms with E-state index in [1.807, 2.05) is 0 Å². The molecular weight excluding hydrogens is 268 g/mol. The number of carbonyl (C=O) groups is 1. The predicted molar refractivity (Wildman–Crippen MR) is 65.2 cm³/mol. The second-order valence-corrected chi connectivity index (χ2v) is 4.57. The lowest BCUT2D eigenvalue weighted by atomic mass is 10.1. The highest BCUT2D eigenvalue weighted by molar-refractivity contribution is 5.94. The van der Waals surface area contributed by atoms with Gasteiger partial charge in [0.1, 0.15) is 0 Å². The molecule has 0 bridgehead atoms. The van der Waals surface area contributed by atoms with Crippen LogP contribution in [0.15, 0.2) is 28.7 Å².